The number of nitriles is 1. The highest BCUT2D eigenvalue weighted by atomic mass is 16.5. The molecule has 0 saturated heterocycles. The van der Waals surface area contributed by atoms with E-state index in [2.05, 4.69) is 18.3 Å². The van der Waals surface area contributed by atoms with Gasteiger partial charge in [-0.3, -0.25) is 0 Å². The van der Waals surface area contributed by atoms with E-state index in [4.69, 9.17) is 10.00 Å². The van der Waals surface area contributed by atoms with Crippen LogP contribution in [0.1, 0.15) is 38.2 Å². The standard InChI is InChI=1S/C20H24N2O/c1-2-3-4-8-13-23-19-11-12-20(22-16-21)18(15-19)14-17-9-6-5-7-10-17/h5-7,9-12,14-15,20,22H,2-4,8,13H2,1H3. The lowest BCUT2D eigenvalue weighted by Gasteiger charge is -2.19. The van der Waals surface area contributed by atoms with Crippen molar-refractivity contribution in [3.63, 3.8) is 0 Å². The van der Waals surface area contributed by atoms with E-state index in [1.807, 2.05) is 54.8 Å². The summed E-state index contributed by atoms with van der Waals surface area (Å²) in [6.45, 7) is 2.95. The Hall–Kier alpha value is -2.47. The van der Waals surface area contributed by atoms with Gasteiger partial charge in [-0.25, -0.2) is 0 Å². The number of ether oxygens (including phenoxy) is 1. The fourth-order valence-corrected chi connectivity index (χ4v) is 2.49. The molecule has 2 rings (SSSR count). The number of unbranched alkanes of at least 4 members (excludes halogenated alkanes) is 3. The molecule has 0 fully saturated rings. The van der Waals surface area contributed by atoms with Gasteiger partial charge in [0.1, 0.15) is 5.76 Å². The highest BCUT2D eigenvalue weighted by molar-refractivity contribution is 5.60. The Morgan fingerprint density at radius 3 is 2.78 bits per heavy atom. The zero-order valence-electron chi connectivity index (χ0n) is 13.7. The molecular weight excluding hydrogens is 284 g/mol. The van der Waals surface area contributed by atoms with Crippen LogP contribution in [-0.2, 0) is 4.74 Å². The molecule has 3 heteroatoms. The topological polar surface area (TPSA) is 45.0 Å². The van der Waals surface area contributed by atoms with Crippen LogP contribution in [0.5, 0.6) is 0 Å². The van der Waals surface area contributed by atoms with E-state index in [1.54, 1.807) is 0 Å². The molecule has 0 amide bonds. The maximum Gasteiger partial charge on any atom is 0.177 e. The molecule has 1 N–H and O–H groups in total. The highest BCUT2D eigenvalue weighted by Crippen LogP contribution is 2.20. The monoisotopic (exact) mass is 308 g/mol. The lowest BCUT2D eigenvalue weighted by Crippen LogP contribution is -2.25. The van der Waals surface area contributed by atoms with E-state index in [9.17, 15) is 0 Å². The van der Waals surface area contributed by atoms with Crippen LogP contribution in [0.3, 0.4) is 0 Å². The van der Waals surface area contributed by atoms with Crippen LogP contribution in [-0.4, -0.2) is 12.6 Å². The number of hydrogen-bond acceptors (Lipinski definition) is 3. The van der Waals surface area contributed by atoms with Gasteiger partial charge in [0.05, 0.1) is 12.6 Å². The van der Waals surface area contributed by atoms with Gasteiger partial charge in [0.15, 0.2) is 6.19 Å². The van der Waals surface area contributed by atoms with Gasteiger partial charge < -0.3 is 10.1 Å². The second kappa shape index (κ2) is 9.53. The molecule has 120 valence electrons. The summed E-state index contributed by atoms with van der Waals surface area (Å²) in [6, 6.07) is 10.0. The van der Waals surface area contributed by atoms with Crippen molar-refractivity contribution >= 4 is 6.08 Å². The summed E-state index contributed by atoms with van der Waals surface area (Å²) in [6.07, 6.45) is 14.8. The molecule has 0 aliphatic heterocycles. The van der Waals surface area contributed by atoms with Gasteiger partial charge in [0, 0.05) is 0 Å². The molecular formula is C20H24N2O. The summed E-state index contributed by atoms with van der Waals surface area (Å²) in [7, 11) is 0. The maximum atomic E-state index is 8.92. The van der Waals surface area contributed by atoms with Crippen LogP contribution in [0, 0.1) is 11.5 Å². The van der Waals surface area contributed by atoms with Crippen LogP contribution in [0.4, 0.5) is 0 Å². The van der Waals surface area contributed by atoms with Crippen molar-refractivity contribution in [1.82, 2.24) is 5.32 Å². The van der Waals surface area contributed by atoms with Crippen LogP contribution in [0.2, 0.25) is 0 Å². The first-order valence-electron chi connectivity index (χ1n) is 8.27. The normalized spacial score (nSPS) is 18.3. The number of rotatable bonds is 8. The first-order valence-corrected chi connectivity index (χ1v) is 8.27. The molecule has 1 aliphatic rings. The van der Waals surface area contributed by atoms with Crippen molar-refractivity contribution in [2.24, 2.45) is 0 Å². The molecule has 0 bridgehead atoms. The zero-order chi connectivity index (χ0) is 16.3. The largest absolute Gasteiger partial charge is 0.494 e. The Labute approximate surface area is 139 Å². The van der Waals surface area contributed by atoms with Crippen LogP contribution in [0.25, 0.3) is 6.08 Å². The van der Waals surface area contributed by atoms with Gasteiger partial charge >= 0.3 is 0 Å². The highest BCUT2D eigenvalue weighted by Gasteiger charge is 2.14. The van der Waals surface area contributed by atoms with E-state index in [0.29, 0.717) is 0 Å². The van der Waals surface area contributed by atoms with Gasteiger partial charge in [-0.05, 0) is 35.8 Å². The van der Waals surface area contributed by atoms with Crippen molar-refractivity contribution < 1.29 is 4.74 Å². The van der Waals surface area contributed by atoms with E-state index >= 15 is 0 Å². The average Bonchev–Trinajstić information content (AvgIpc) is 2.58. The Morgan fingerprint density at radius 1 is 1.22 bits per heavy atom. The second-order valence-corrected chi connectivity index (χ2v) is 5.60. The Kier molecular flexibility index (Phi) is 7.00. The van der Waals surface area contributed by atoms with E-state index in [1.165, 1.54) is 19.3 Å². The predicted molar refractivity (Wildman–Crippen MR) is 94.3 cm³/mol. The average molecular weight is 308 g/mol. The van der Waals surface area contributed by atoms with Crippen LogP contribution >= 0.6 is 0 Å². The molecule has 0 aromatic heterocycles. The molecule has 0 saturated carbocycles. The third-order valence-electron chi connectivity index (χ3n) is 3.74. The summed E-state index contributed by atoms with van der Waals surface area (Å²) < 4.78 is 5.85. The Balaban J connectivity index is 2.04. The Bertz CT molecular complexity index is 608. The molecule has 0 heterocycles. The third kappa shape index (κ3) is 5.67. The maximum absolute atomic E-state index is 8.92. The molecule has 1 atom stereocenters. The summed E-state index contributed by atoms with van der Waals surface area (Å²) >= 11 is 0. The van der Waals surface area contributed by atoms with Gasteiger partial charge in [0.25, 0.3) is 0 Å². The van der Waals surface area contributed by atoms with Gasteiger partial charge in [-0.15, -0.1) is 0 Å². The second-order valence-electron chi connectivity index (χ2n) is 5.60. The molecule has 0 spiro atoms. The Morgan fingerprint density at radius 2 is 2.04 bits per heavy atom. The molecule has 0 radical (unpaired) electrons. The predicted octanol–water partition coefficient (Wildman–Crippen LogP) is 4.56. The first-order chi connectivity index (χ1) is 11.3. The number of nitrogens with one attached hydrogen (secondary N) is 1. The molecule has 1 aromatic rings. The van der Waals surface area contributed by atoms with E-state index in [0.717, 1.165) is 29.9 Å². The summed E-state index contributed by atoms with van der Waals surface area (Å²) in [5, 5.41) is 11.7. The van der Waals surface area contributed by atoms with Crippen LogP contribution < -0.4 is 5.32 Å². The number of hydrogen-bond donors (Lipinski definition) is 1. The first kappa shape index (κ1) is 16.9. The summed E-state index contributed by atoms with van der Waals surface area (Å²) in [4.78, 5) is 0. The number of benzene rings is 1. The van der Waals surface area contributed by atoms with Gasteiger partial charge in [-0.1, -0.05) is 62.6 Å². The van der Waals surface area contributed by atoms with Crippen molar-refractivity contribution in [2.75, 3.05) is 6.61 Å². The zero-order valence-corrected chi connectivity index (χ0v) is 13.7. The van der Waals surface area contributed by atoms with Crippen LogP contribution in [0.15, 0.2) is 59.9 Å². The van der Waals surface area contributed by atoms with Crippen molar-refractivity contribution in [1.29, 1.82) is 5.26 Å². The smallest absolute Gasteiger partial charge is 0.177 e. The fourth-order valence-electron chi connectivity index (χ4n) is 2.49. The third-order valence-corrected chi connectivity index (χ3v) is 3.74. The number of allylic oxidation sites excluding steroid dienone is 1. The quantitative estimate of drug-likeness (QED) is 0.435. The van der Waals surface area contributed by atoms with Gasteiger partial charge in [0.2, 0.25) is 0 Å². The minimum Gasteiger partial charge on any atom is -0.494 e. The molecule has 23 heavy (non-hydrogen) atoms. The SMILES string of the molecule is CCCCCCOC1=CC(=Cc2ccccc2)C(NC#N)C=C1. The van der Waals surface area contributed by atoms with Crippen molar-refractivity contribution in [3.05, 3.63) is 65.5 Å². The molecule has 1 aliphatic carbocycles. The molecule has 1 aromatic carbocycles. The van der Waals surface area contributed by atoms with Gasteiger partial charge in [-0.2, -0.15) is 5.26 Å². The van der Waals surface area contributed by atoms with E-state index in [-0.39, 0.29) is 6.04 Å². The fraction of sp³-hybridized carbons (Fsp3) is 0.350. The minimum atomic E-state index is -0.104. The molecule has 3 nitrogen and oxygen atoms in total. The van der Waals surface area contributed by atoms with Crippen molar-refractivity contribution in [2.45, 2.75) is 38.6 Å². The number of nitrogens with zero attached hydrogens (tertiary/aromatic N) is 1. The van der Waals surface area contributed by atoms with Crippen molar-refractivity contribution in [3.8, 4) is 6.19 Å². The lowest BCUT2D eigenvalue weighted by atomic mass is 9.98. The minimum absolute atomic E-state index is 0.104. The van der Waals surface area contributed by atoms with E-state index < -0.39 is 0 Å². The summed E-state index contributed by atoms with van der Waals surface area (Å²) in [5.41, 5.74) is 2.14. The lowest BCUT2D eigenvalue weighted by molar-refractivity contribution is 0.216. The molecule has 1 unspecified atom stereocenters. The summed E-state index contributed by atoms with van der Waals surface area (Å²) in [5.74, 6) is 0.861.